The Bertz CT molecular complexity index is 345. The van der Waals surface area contributed by atoms with Gasteiger partial charge in [0.15, 0.2) is 4.34 Å². The van der Waals surface area contributed by atoms with Crippen molar-refractivity contribution in [1.82, 2.24) is 4.98 Å². The van der Waals surface area contributed by atoms with Crippen LogP contribution in [0.25, 0.3) is 0 Å². The summed E-state index contributed by atoms with van der Waals surface area (Å²) in [6, 6.07) is 0. The van der Waals surface area contributed by atoms with E-state index in [0.717, 1.165) is 4.34 Å². The Kier molecular flexibility index (Phi) is 3.64. The molecule has 0 spiro atoms. The summed E-state index contributed by atoms with van der Waals surface area (Å²) in [4.78, 5) is 15.1. The number of carbonyl (C=O) groups is 1. The molecule has 1 aromatic heterocycles. The molecule has 0 bridgehead atoms. The molecule has 5 heteroatoms. The third-order valence-corrected chi connectivity index (χ3v) is 4.95. The van der Waals surface area contributed by atoms with E-state index in [-0.39, 0.29) is 0 Å². The van der Waals surface area contributed by atoms with E-state index in [2.05, 4.69) is 4.98 Å². The van der Waals surface area contributed by atoms with Gasteiger partial charge in [-0.15, -0.1) is 11.3 Å². The third-order valence-electron chi connectivity index (χ3n) is 2.51. The highest BCUT2D eigenvalue weighted by Gasteiger charge is 2.17. The molecule has 82 valence electrons. The zero-order valence-electron chi connectivity index (χ0n) is 8.31. The fourth-order valence-electron chi connectivity index (χ4n) is 1.74. The maximum Gasteiger partial charge on any atom is 0.347 e. The fourth-order valence-corrected chi connectivity index (χ4v) is 4.06. The van der Waals surface area contributed by atoms with Crippen molar-refractivity contribution in [2.75, 3.05) is 0 Å². The van der Waals surface area contributed by atoms with Gasteiger partial charge in [0, 0.05) is 5.25 Å². The lowest BCUT2D eigenvalue weighted by molar-refractivity contribution is 0.0702. The molecule has 0 saturated heterocycles. The molecular weight excluding hydrogens is 230 g/mol. The van der Waals surface area contributed by atoms with Crippen LogP contribution in [0.15, 0.2) is 10.5 Å². The van der Waals surface area contributed by atoms with E-state index in [1.807, 2.05) is 0 Å². The van der Waals surface area contributed by atoms with Crippen molar-refractivity contribution in [3.05, 3.63) is 11.1 Å². The molecule has 1 aliphatic rings. The molecule has 2 rings (SSSR count). The monoisotopic (exact) mass is 243 g/mol. The van der Waals surface area contributed by atoms with Gasteiger partial charge in [-0.25, -0.2) is 9.78 Å². The van der Waals surface area contributed by atoms with Gasteiger partial charge in [0.05, 0.1) is 6.20 Å². The molecule has 1 fully saturated rings. The van der Waals surface area contributed by atoms with Crippen LogP contribution in [-0.2, 0) is 0 Å². The van der Waals surface area contributed by atoms with E-state index < -0.39 is 5.97 Å². The fraction of sp³-hybridized carbons (Fsp3) is 0.600. The van der Waals surface area contributed by atoms with E-state index in [4.69, 9.17) is 5.11 Å². The highest BCUT2D eigenvalue weighted by molar-refractivity contribution is 8.01. The normalized spacial score (nSPS) is 17.9. The lowest BCUT2D eigenvalue weighted by atomic mass is 10.0. The highest BCUT2D eigenvalue weighted by atomic mass is 32.2. The number of carboxylic acid groups (broad SMARTS) is 1. The summed E-state index contributed by atoms with van der Waals surface area (Å²) in [6.45, 7) is 0. The van der Waals surface area contributed by atoms with Gasteiger partial charge in [0.2, 0.25) is 0 Å². The average Bonchev–Trinajstić information content (AvgIpc) is 2.68. The third kappa shape index (κ3) is 2.95. The quantitative estimate of drug-likeness (QED) is 0.885. The van der Waals surface area contributed by atoms with Gasteiger partial charge in [0.25, 0.3) is 0 Å². The lowest BCUT2D eigenvalue weighted by Crippen LogP contribution is -2.07. The molecule has 1 N–H and O–H groups in total. The number of rotatable bonds is 3. The Morgan fingerprint density at radius 1 is 1.47 bits per heavy atom. The zero-order valence-corrected chi connectivity index (χ0v) is 9.94. The number of aromatic carboxylic acids is 1. The van der Waals surface area contributed by atoms with Crippen molar-refractivity contribution in [3.8, 4) is 0 Å². The number of carboxylic acids is 1. The van der Waals surface area contributed by atoms with Crippen molar-refractivity contribution in [2.24, 2.45) is 0 Å². The summed E-state index contributed by atoms with van der Waals surface area (Å²) in [5.41, 5.74) is 0. The first-order valence-corrected chi connectivity index (χ1v) is 6.81. The summed E-state index contributed by atoms with van der Waals surface area (Å²) >= 11 is 3.03. The molecule has 0 amide bonds. The van der Waals surface area contributed by atoms with Crippen LogP contribution in [0.2, 0.25) is 0 Å². The van der Waals surface area contributed by atoms with Crippen LogP contribution >= 0.6 is 23.1 Å². The van der Waals surface area contributed by atoms with Gasteiger partial charge in [0.1, 0.15) is 4.88 Å². The van der Waals surface area contributed by atoms with Crippen LogP contribution < -0.4 is 0 Å². The molecule has 1 aromatic rings. The van der Waals surface area contributed by atoms with Gasteiger partial charge in [-0.2, -0.15) is 0 Å². The molecule has 1 saturated carbocycles. The highest BCUT2D eigenvalue weighted by Crippen LogP contribution is 2.35. The first-order chi connectivity index (χ1) is 7.25. The minimum atomic E-state index is -0.872. The second kappa shape index (κ2) is 4.99. The van der Waals surface area contributed by atoms with Crippen molar-refractivity contribution in [2.45, 2.75) is 41.7 Å². The SMILES string of the molecule is O=C(O)c1cnc(SC2CCCCC2)s1. The van der Waals surface area contributed by atoms with Crippen molar-refractivity contribution in [1.29, 1.82) is 0 Å². The van der Waals surface area contributed by atoms with E-state index in [9.17, 15) is 4.79 Å². The zero-order chi connectivity index (χ0) is 10.7. The molecule has 3 nitrogen and oxygen atoms in total. The first-order valence-electron chi connectivity index (χ1n) is 5.11. The topological polar surface area (TPSA) is 50.2 Å². The Morgan fingerprint density at radius 2 is 2.20 bits per heavy atom. The second-order valence-corrected chi connectivity index (χ2v) is 6.25. The Balaban J connectivity index is 1.94. The van der Waals surface area contributed by atoms with E-state index in [1.165, 1.54) is 49.6 Å². The second-order valence-electron chi connectivity index (χ2n) is 3.67. The minimum Gasteiger partial charge on any atom is -0.477 e. The number of thioether (sulfide) groups is 1. The van der Waals surface area contributed by atoms with Gasteiger partial charge in [-0.3, -0.25) is 0 Å². The van der Waals surface area contributed by atoms with Crippen LogP contribution in [0.3, 0.4) is 0 Å². The molecule has 0 atom stereocenters. The largest absolute Gasteiger partial charge is 0.477 e. The maximum absolute atomic E-state index is 10.7. The Morgan fingerprint density at radius 3 is 2.80 bits per heavy atom. The van der Waals surface area contributed by atoms with Gasteiger partial charge in [-0.05, 0) is 12.8 Å². The molecule has 0 aliphatic heterocycles. The predicted octanol–water partition coefficient (Wildman–Crippen LogP) is 3.27. The number of hydrogen-bond acceptors (Lipinski definition) is 4. The Hall–Kier alpha value is -0.550. The van der Waals surface area contributed by atoms with Crippen LogP contribution in [0.1, 0.15) is 41.8 Å². The van der Waals surface area contributed by atoms with E-state index >= 15 is 0 Å². The number of hydrogen-bond donors (Lipinski definition) is 1. The van der Waals surface area contributed by atoms with Gasteiger partial charge >= 0.3 is 5.97 Å². The summed E-state index contributed by atoms with van der Waals surface area (Å²) in [7, 11) is 0. The summed E-state index contributed by atoms with van der Waals surface area (Å²) in [5.74, 6) is -0.872. The van der Waals surface area contributed by atoms with Gasteiger partial charge < -0.3 is 5.11 Å². The molecular formula is C10H13NO2S2. The van der Waals surface area contributed by atoms with Crippen molar-refractivity contribution >= 4 is 29.1 Å². The molecule has 0 radical (unpaired) electrons. The number of thiazole rings is 1. The van der Waals surface area contributed by atoms with Crippen LogP contribution in [-0.4, -0.2) is 21.3 Å². The first kappa shape index (κ1) is 11.0. The maximum atomic E-state index is 10.7. The standard InChI is InChI=1S/C10H13NO2S2/c12-9(13)8-6-11-10(15-8)14-7-4-2-1-3-5-7/h6-7H,1-5H2,(H,12,13). The summed E-state index contributed by atoms with van der Waals surface area (Å²) < 4.78 is 0.902. The smallest absolute Gasteiger partial charge is 0.347 e. The van der Waals surface area contributed by atoms with E-state index in [0.29, 0.717) is 10.1 Å². The Labute approximate surface area is 96.9 Å². The van der Waals surface area contributed by atoms with Crippen LogP contribution in [0.5, 0.6) is 0 Å². The summed E-state index contributed by atoms with van der Waals surface area (Å²) in [5, 5.41) is 9.41. The predicted molar refractivity (Wildman–Crippen MR) is 61.8 cm³/mol. The van der Waals surface area contributed by atoms with Crippen molar-refractivity contribution < 1.29 is 9.90 Å². The van der Waals surface area contributed by atoms with Crippen molar-refractivity contribution in [3.63, 3.8) is 0 Å². The van der Waals surface area contributed by atoms with Gasteiger partial charge in [-0.1, -0.05) is 31.0 Å². The molecule has 1 heterocycles. The molecule has 1 aliphatic carbocycles. The minimum absolute atomic E-state index is 0.341. The summed E-state index contributed by atoms with van der Waals surface area (Å²) in [6.07, 6.45) is 7.89. The number of aromatic nitrogens is 1. The molecule has 0 aromatic carbocycles. The number of nitrogens with zero attached hydrogens (tertiary/aromatic N) is 1. The molecule has 15 heavy (non-hydrogen) atoms. The van der Waals surface area contributed by atoms with Crippen LogP contribution in [0.4, 0.5) is 0 Å². The van der Waals surface area contributed by atoms with E-state index in [1.54, 1.807) is 11.8 Å². The average molecular weight is 243 g/mol. The lowest BCUT2D eigenvalue weighted by Gasteiger charge is -2.19. The van der Waals surface area contributed by atoms with Crippen LogP contribution in [0, 0.1) is 0 Å². The molecule has 0 unspecified atom stereocenters.